The van der Waals surface area contributed by atoms with Crippen molar-refractivity contribution in [2.24, 2.45) is 5.73 Å². The number of para-hydroxylation sites is 1. The summed E-state index contributed by atoms with van der Waals surface area (Å²) in [6, 6.07) is 13.6. The molecule has 3 nitrogen and oxygen atoms in total. The Morgan fingerprint density at radius 1 is 1.16 bits per heavy atom. The van der Waals surface area contributed by atoms with Crippen molar-refractivity contribution in [3.63, 3.8) is 0 Å². The molecule has 0 radical (unpaired) electrons. The third-order valence-electron chi connectivity index (χ3n) is 3.00. The van der Waals surface area contributed by atoms with Gasteiger partial charge in [-0.2, -0.15) is 0 Å². The standard InChI is InChI=1S/C16H18N2O/c1-3-12-6-4-5-7-14(12)19-15-10-11(2)8-9-13(15)16(17)18/h4-10H,3H2,1-2H3,(H3,17,18). The molecule has 2 aromatic carbocycles. The Bertz CT molecular complexity index is 605. The first kappa shape index (κ1) is 13.1. The van der Waals surface area contributed by atoms with Crippen LogP contribution in [0.5, 0.6) is 11.5 Å². The second-order valence-electron chi connectivity index (χ2n) is 4.48. The summed E-state index contributed by atoms with van der Waals surface area (Å²) in [5.41, 5.74) is 8.43. The Labute approximate surface area is 113 Å². The summed E-state index contributed by atoms with van der Waals surface area (Å²) in [6.45, 7) is 4.08. The van der Waals surface area contributed by atoms with Gasteiger partial charge in [-0.05, 0) is 42.7 Å². The van der Waals surface area contributed by atoms with Gasteiger partial charge in [0.25, 0.3) is 0 Å². The third kappa shape index (κ3) is 2.94. The molecule has 0 aliphatic rings. The minimum Gasteiger partial charge on any atom is -0.456 e. The number of nitrogens with two attached hydrogens (primary N) is 1. The van der Waals surface area contributed by atoms with Gasteiger partial charge in [0.15, 0.2) is 0 Å². The average molecular weight is 254 g/mol. The molecule has 0 aliphatic carbocycles. The number of hydrogen-bond donors (Lipinski definition) is 2. The molecule has 3 heteroatoms. The van der Waals surface area contributed by atoms with E-state index in [1.54, 1.807) is 0 Å². The second-order valence-corrected chi connectivity index (χ2v) is 4.48. The molecular formula is C16H18N2O. The van der Waals surface area contributed by atoms with Gasteiger partial charge in [0.2, 0.25) is 0 Å². The van der Waals surface area contributed by atoms with E-state index in [0.29, 0.717) is 11.3 Å². The maximum atomic E-state index is 7.61. The van der Waals surface area contributed by atoms with Crippen molar-refractivity contribution >= 4 is 5.84 Å². The third-order valence-corrected chi connectivity index (χ3v) is 3.00. The fourth-order valence-corrected chi connectivity index (χ4v) is 1.95. The minimum absolute atomic E-state index is 0.0176. The highest BCUT2D eigenvalue weighted by atomic mass is 16.5. The molecule has 0 saturated carbocycles. The van der Waals surface area contributed by atoms with Crippen LogP contribution in [0.15, 0.2) is 42.5 Å². The van der Waals surface area contributed by atoms with Crippen LogP contribution >= 0.6 is 0 Å². The number of amidine groups is 1. The molecule has 2 aromatic rings. The highest BCUT2D eigenvalue weighted by molar-refractivity contribution is 5.97. The molecule has 0 saturated heterocycles. The number of ether oxygens (including phenoxy) is 1. The van der Waals surface area contributed by atoms with Crippen molar-refractivity contribution < 1.29 is 4.74 Å². The Balaban J connectivity index is 2.42. The molecule has 2 rings (SSSR count). The van der Waals surface area contributed by atoms with Crippen molar-refractivity contribution in [3.8, 4) is 11.5 Å². The zero-order valence-electron chi connectivity index (χ0n) is 11.2. The van der Waals surface area contributed by atoms with Crippen LogP contribution in [0.4, 0.5) is 0 Å². The van der Waals surface area contributed by atoms with E-state index >= 15 is 0 Å². The van der Waals surface area contributed by atoms with Crippen molar-refractivity contribution in [1.82, 2.24) is 0 Å². The highest BCUT2D eigenvalue weighted by Gasteiger charge is 2.09. The van der Waals surface area contributed by atoms with Crippen molar-refractivity contribution in [3.05, 3.63) is 59.2 Å². The molecule has 3 N–H and O–H groups in total. The average Bonchev–Trinajstić information content (AvgIpc) is 2.39. The van der Waals surface area contributed by atoms with Gasteiger partial charge in [0.05, 0.1) is 5.56 Å². The summed E-state index contributed by atoms with van der Waals surface area (Å²) in [5.74, 6) is 1.47. The van der Waals surface area contributed by atoms with E-state index in [4.69, 9.17) is 15.9 Å². The minimum atomic E-state index is 0.0176. The molecule has 0 spiro atoms. The van der Waals surface area contributed by atoms with Crippen LogP contribution in [0.3, 0.4) is 0 Å². The first-order valence-corrected chi connectivity index (χ1v) is 6.32. The van der Waals surface area contributed by atoms with Crippen LogP contribution in [0.1, 0.15) is 23.6 Å². The van der Waals surface area contributed by atoms with Crippen molar-refractivity contribution in [1.29, 1.82) is 5.41 Å². The van der Waals surface area contributed by atoms with E-state index in [2.05, 4.69) is 6.92 Å². The van der Waals surface area contributed by atoms with E-state index in [-0.39, 0.29) is 5.84 Å². The zero-order valence-corrected chi connectivity index (χ0v) is 11.2. The fraction of sp³-hybridized carbons (Fsp3) is 0.188. The van der Waals surface area contributed by atoms with Gasteiger partial charge in [0.1, 0.15) is 17.3 Å². The van der Waals surface area contributed by atoms with Crippen LogP contribution in [-0.2, 0) is 6.42 Å². The van der Waals surface area contributed by atoms with E-state index in [1.165, 1.54) is 0 Å². The molecule has 0 aromatic heterocycles. The van der Waals surface area contributed by atoms with E-state index in [9.17, 15) is 0 Å². The lowest BCUT2D eigenvalue weighted by Crippen LogP contribution is -2.12. The Morgan fingerprint density at radius 2 is 1.89 bits per heavy atom. The predicted molar refractivity (Wildman–Crippen MR) is 78.1 cm³/mol. The topological polar surface area (TPSA) is 59.1 Å². The number of hydrogen-bond acceptors (Lipinski definition) is 2. The summed E-state index contributed by atoms with van der Waals surface area (Å²) in [6.07, 6.45) is 0.900. The van der Waals surface area contributed by atoms with Gasteiger partial charge in [0, 0.05) is 0 Å². The normalized spacial score (nSPS) is 10.2. The molecule has 0 heterocycles. The lowest BCUT2D eigenvalue weighted by atomic mass is 10.1. The molecule has 98 valence electrons. The first-order chi connectivity index (χ1) is 9.11. The summed E-state index contributed by atoms with van der Waals surface area (Å²) >= 11 is 0. The molecular weight excluding hydrogens is 236 g/mol. The van der Waals surface area contributed by atoms with Gasteiger partial charge >= 0.3 is 0 Å². The molecule has 0 bridgehead atoms. The Morgan fingerprint density at radius 3 is 2.58 bits per heavy atom. The van der Waals surface area contributed by atoms with Gasteiger partial charge < -0.3 is 10.5 Å². The largest absolute Gasteiger partial charge is 0.456 e. The van der Waals surface area contributed by atoms with Gasteiger partial charge in [-0.25, -0.2) is 0 Å². The Hall–Kier alpha value is -2.29. The molecule has 19 heavy (non-hydrogen) atoms. The van der Waals surface area contributed by atoms with E-state index < -0.39 is 0 Å². The first-order valence-electron chi connectivity index (χ1n) is 6.32. The summed E-state index contributed by atoms with van der Waals surface area (Å²) in [5, 5.41) is 7.61. The maximum absolute atomic E-state index is 7.61. The van der Waals surface area contributed by atoms with Crippen molar-refractivity contribution in [2.45, 2.75) is 20.3 Å². The molecule has 0 atom stereocenters. The van der Waals surface area contributed by atoms with Crippen LogP contribution in [0.2, 0.25) is 0 Å². The smallest absolute Gasteiger partial charge is 0.138 e. The number of nitrogen functional groups attached to an aromatic ring is 1. The monoisotopic (exact) mass is 254 g/mol. The van der Waals surface area contributed by atoms with Gasteiger partial charge in [-0.1, -0.05) is 31.2 Å². The molecule has 0 unspecified atom stereocenters. The van der Waals surface area contributed by atoms with Crippen LogP contribution < -0.4 is 10.5 Å². The van der Waals surface area contributed by atoms with Crippen LogP contribution in [0.25, 0.3) is 0 Å². The predicted octanol–water partition coefficient (Wildman–Crippen LogP) is 3.63. The fourth-order valence-electron chi connectivity index (χ4n) is 1.95. The summed E-state index contributed by atoms with van der Waals surface area (Å²) in [4.78, 5) is 0. The van der Waals surface area contributed by atoms with Gasteiger partial charge in [-0.3, -0.25) is 5.41 Å². The quantitative estimate of drug-likeness (QED) is 0.646. The maximum Gasteiger partial charge on any atom is 0.138 e. The second kappa shape index (κ2) is 5.57. The Kier molecular flexibility index (Phi) is 3.85. The van der Waals surface area contributed by atoms with Crippen molar-refractivity contribution in [2.75, 3.05) is 0 Å². The molecule has 0 aliphatic heterocycles. The van der Waals surface area contributed by atoms with E-state index in [0.717, 1.165) is 23.3 Å². The lowest BCUT2D eigenvalue weighted by molar-refractivity contribution is 0.475. The molecule has 0 fully saturated rings. The number of benzene rings is 2. The molecule has 0 amide bonds. The zero-order chi connectivity index (χ0) is 13.8. The number of nitrogens with one attached hydrogen (secondary N) is 1. The van der Waals surface area contributed by atoms with E-state index in [1.807, 2.05) is 49.4 Å². The lowest BCUT2D eigenvalue weighted by Gasteiger charge is -2.13. The van der Waals surface area contributed by atoms with Crippen LogP contribution in [0, 0.1) is 12.3 Å². The number of aryl methyl sites for hydroxylation is 2. The summed E-state index contributed by atoms with van der Waals surface area (Å²) < 4.78 is 5.95. The number of rotatable bonds is 4. The van der Waals surface area contributed by atoms with Crippen LogP contribution in [-0.4, -0.2) is 5.84 Å². The summed E-state index contributed by atoms with van der Waals surface area (Å²) in [7, 11) is 0. The SMILES string of the molecule is CCc1ccccc1Oc1cc(C)ccc1C(=N)N. The van der Waals surface area contributed by atoms with Gasteiger partial charge in [-0.15, -0.1) is 0 Å². The highest BCUT2D eigenvalue weighted by Crippen LogP contribution is 2.29.